The van der Waals surface area contributed by atoms with E-state index in [0.29, 0.717) is 6.04 Å². The lowest BCUT2D eigenvalue weighted by atomic mass is 10.2. The highest BCUT2D eigenvalue weighted by atomic mass is 16.2. The van der Waals surface area contributed by atoms with Crippen LogP contribution < -0.4 is 11.1 Å². The molecule has 1 aliphatic carbocycles. The standard InChI is InChI=1S/C14H19N3O2/c1-9-7-11(10(2)17(9)12-4-5-12)3-6-14(19)16-8-13(15)18/h3,6-7,12H,4-5,8H2,1-2H3,(H2,15,18)(H,16,19)/b6-3+. The molecule has 1 heterocycles. The largest absolute Gasteiger partial charge is 0.368 e. The molecule has 0 atom stereocenters. The first-order chi connectivity index (χ1) is 8.99. The molecule has 0 aliphatic heterocycles. The molecule has 5 heteroatoms. The van der Waals surface area contributed by atoms with Crippen LogP contribution in [0.4, 0.5) is 0 Å². The average molecular weight is 261 g/mol. The molecule has 2 amide bonds. The highest BCUT2D eigenvalue weighted by molar-refractivity contribution is 5.94. The number of carbonyl (C=O) groups excluding carboxylic acids is 2. The molecule has 1 aromatic heterocycles. The third kappa shape index (κ3) is 3.24. The molecule has 1 saturated carbocycles. The summed E-state index contributed by atoms with van der Waals surface area (Å²) in [5.74, 6) is -0.858. The third-order valence-electron chi connectivity index (χ3n) is 3.29. The van der Waals surface area contributed by atoms with Gasteiger partial charge in [0.25, 0.3) is 0 Å². The summed E-state index contributed by atoms with van der Waals surface area (Å²) in [7, 11) is 0. The van der Waals surface area contributed by atoms with E-state index in [1.165, 1.54) is 30.3 Å². The molecule has 2 rings (SSSR count). The average Bonchev–Trinajstić information content (AvgIpc) is 3.12. The first kappa shape index (κ1) is 13.4. The summed E-state index contributed by atoms with van der Waals surface area (Å²) in [6, 6.07) is 2.71. The molecule has 19 heavy (non-hydrogen) atoms. The maximum absolute atomic E-state index is 11.5. The van der Waals surface area contributed by atoms with Gasteiger partial charge in [0.2, 0.25) is 11.8 Å². The van der Waals surface area contributed by atoms with Crippen molar-refractivity contribution in [2.75, 3.05) is 6.54 Å². The van der Waals surface area contributed by atoms with Crippen LogP contribution in [0.15, 0.2) is 12.1 Å². The number of nitrogens with one attached hydrogen (secondary N) is 1. The van der Waals surface area contributed by atoms with Crippen LogP contribution in [0.3, 0.4) is 0 Å². The first-order valence-electron chi connectivity index (χ1n) is 6.41. The zero-order valence-electron chi connectivity index (χ0n) is 11.3. The molecule has 0 unspecified atom stereocenters. The van der Waals surface area contributed by atoms with Crippen molar-refractivity contribution in [1.29, 1.82) is 0 Å². The summed E-state index contributed by atoms with van der Waals surface area (Å²) < 4.78 is 2.32. The number of nitrogens with two attached hydrogens (primary N) is 1. The van der Waals surface area contributed by atoms with Crippen LogP contribution in [0.1, 0.15) is 35.8 Å². The molecule has 102 valence electrons. The van der Waals surface area contributed by atoms with Crippen LogP contribution in [0, 0.1) is 13.8 Å². The van der Waals surface area contributed by atoms with Crippen LogP contribution >= 0.6 is 0 Å². The Morgan fingerprint density at radius 1 is 1.47 bits per heavy atom. The quantitative estimate of drug-likeness (QED) is 0.777. The van der Waals surface area contributed by atoms with E-state index in [1.54, 1.807) is 6.08 Å². The van der Waals surface area contributed by atoms with Crippen molar-refractivity contribution in [2.24, 2.45) is 5.73 Å². The predicted molar refractivity (Wildman–Crippen MR) is 73.4 cm³/mol. The summed E-state index contributed by atoms with van der Waals surface area (Å²) in [4.78, 5) is 22.0. The number of nitrogens with zero attached hydrogens (tertiary/aromatic N) is 1. The van der Waals surface area contributed by atoms with E-state index in [1.807, 2.05) is 0 Å². The van der Waals surface area contributed by atoms with Gasteiger partial charge in [-0.15, -0.1) is 0 Å². The van der Waals surface area contributed by atoms with Crippen LogP contribution in [0.5, 0.6) is 0 Å². The molecule has 0 saturated heterocycles. The Morgan fingerprint density at radius 2 is 2.16 bits per heavy atom. The van der Waals surface area contributed by atoms with Gasteiger partial charge in [-0.1, -0.05) is 0 Å². The van der Waals surface area contributed by atoms with Crippen molar-refractivity contribution in [3.63, 3.8) is 0 Å². The molecule has 3 N–H and O–H groups in total. The Kier molecular flexibility index (Phi) is 3.74. The zero-order valence-corrected chi connectivity index (χ0v) is 11.3. The fourth-order valence-corrected chi connectivity index (χ4v) is 2.26. The second-order valence-electron chi connectivity index (χ2n) is 4.95. The second kappa shape index (κ2) is 5.30. The van der Waals surface area contributed by atoms with Gasteiger partial charge in [-0.3, -0.25) is 9.59 Å². The topological polar surface area (TPSA) is 77.1 Å². The van der Waals surface area contributed by atoms with Gasteiger partial charge in [-0.25, -0.2) is 0 Å². The lowest BCUT2D eigenvalue weighted by molar-refractivity contribution is -0.122. The van der Waals surface area contributed by atoms with Crippen molar-refractivity contribution >= 4 is 17.9 Å². The molecule has 0 bridgehead atoms. The van der Waals surface area contributed by atoms with E-state index in [9.17, 15) is 9.59 Å². The first-order valence-corrected chi connectivity index (χ1v) is 6.41. The summed E-state index contributed by atoms with van der Waals surface area (Å²) >= 11 is 0. The van der Waals surface area contributed by atoms with E-state index in [2.05, 4.69) is 29.8 Å². The van der Waals surface area contributed by atoms with Crippen molar-refractivity contribution in [2.45, 2.75) is 32.7 Å². The number of aryl methyl sites for hydroxylation is 1. The Bertz CT molecular complexity index is 539. The fraction of sp³-hybridized carbons (Fsp3) is 0.429. The smallest absolute Gasteiger partial charge is 0.244 e. The zero-order chi connectivity index (χ0) is 14.0. The summed E-state index contributed by atoms with van der Waals surface area (Å²) in [5.41, 5.74) is 8.39. The van der Waals surface area contributed by atoms with Gasteiger partial charge in [0, 0.05) is 23.5 Å². The Balaban J connectivity index is 2.04. The number of rotatable bonds is 5. The van der Waals surface area contributed by atoms with Gasteiger partial charge >= 0.3 is 0 Å². The SMILES string of the molecule is Cc1cc(/C=C/C(=O)NCC(N)=O)c(C)n1C1CC1. The minimum absolute atomic E-state index is 0.135. The molecule has 1 aromatic rings. The van der Waals surface area contributed by atoms with Crippen LogP contribution in [0.25, 0.3) is 6.08 Å². The van der Waals surface area contributed by atoms with E-state index in [0.717, 1.165) is 5.56 Å². The number of carbonyl (C=O) groups is 2. The number of hydrogen-bond acceptors (Lipinski definition) is 2. The van der Waals surface area contributed by atoms with E-state index in [-0.39, 0.29) is 12.5 Å². The molecular weight excluding hydrogens is 242 g/mol. The van der Waals surface area contributed by atoms with E-state index < -0.39 is 5.91 Å². The Morgan fingerprint density at radius 3 is 2.74 bits per heavy atom. The predicted octanol–water partition coefficient (Wildman–Crippen LogP) is 1.05. The van der Waals surface area contributed by atoms with Crippen LogP contribution in [-0.2, 0) is 9.59 Å². The van der Waals surface area contributed by atoms with Crippen LogP contribution in [-0.4, -0.2) is 22.9 Å². The minimum Gasteiger partial charge on any atom is -0.368 e. The molecule has 0 radical (unpaired) electrons. The van der Waals surface area contributed by atoms with Crippen molar-refractivity contribution in [3.8, 4) is 0 Å². The summed E-state index contributed by atoms with van der Waals surface area (Å²) in [6.07, 6.45) is 5.68. The van der Waals surface area contributed by atoms with Crippen molar-refractivity contribution < 1.29 is 9.59 Å². The fourth-order valence-electron chi connectivity index (χ4n) is 2.26. The van der Waals surface area contributed by atoms with Gasteiger partial charge in [-0.05, 0) is 44.4 Å². The molecule has 1 fully saturated rings. The molecule has 5 nitrogen and oxygen atoms in total. The number of primary amides is 1. The molecule has 0 spiro atoms. The minimum atomic E-state index is -0.548. The summed E-state index contributed by atoms with van der Waals surface area (Å²) in [6.45, 7) is 4.01. The highest BCUT2D eigenvalue weighted by Gasteiger charge is 2.26. The van der Waals surface area contributed by atoms with Gasteiger partial charge in [0.05, 0.1) is 6.54 Å². The van der Waals surface area contributed by atoms with Gasteiger partial charge in [0.1, 0.15) is 0 Å². The molecule has 1 aliphatic rings. The second-order valence-corrected chi connectivity index (χ2v) is 4.95. The normalized spacial score (nSPS) is 14.8. The van der Waals surface area contributed by atoms with Crippen molar-refractivity contribution in [1.82, 2.24) is 9.88 Å². The highest BCUT2D eigenvalue weighted by Crippen LogP contribution is 2.38. The van der Waals surface area contributed by atoms with Gasteiger partial charge < -0.3 is 15.6 Å². The Hall–Kier alpha value is -2.04. The molecular formula is C14H19N3O2. The van der Waals surface area contributed by atoms with Crippen molar-refractivity contribution in [3.05, 3.63) is 29.1 Å². The van der Waals surface area contributed by atoms with E-state index >= 15 is 0 Å². The van der Waals surface area contributed by atoms with Gasteiger partial charge in [-0.2, -0.15) is 0 Å². The number of aromatic nitrogens is 1. The lowest BCUT2D eigenvalue weighted by Gasteiger charge is -2.06. The Labute approximate surface area is 112 Å². The third-order valence-corrected chi connectivity index (χ3v) is 3.29. The monoisotopic (exact) mass is 261 g/mol. The molecule has 0 aromatic carbocycles. The number of hydrogen-bond donors (Lipinski definition) is 2. The lowest BCUT2D eigenvalue weighted by Crippen LogP contribution is -2.32. The maximum atomic E-state index is 11.5. The van der Waals surface area contributed by atoms with Gasteiger partial charge in [0.15, 0.2) is 0 Å². The van der Waals surface area contributed by atoms with E-state index in [4.69, 9.17) is 5.73 Å². The summed E-state index contributed by atoms with van der Waals surface area (Å²) in [5, 5.41) is 2.42. The van der Waals surface area contributed by atoms with Crippen LogP contribution in [0.2, 0.25) is 0 Å². The maximum Gasteiger partial charge on any atom is 0.244 e. The number of amides is 2.